The Bertz CT molecular complexity index is 656. The number of rotatable bonds is 7. The van der Waals surface area contributed by atoms with Crippen LogP contribution < -0.4 is 0 Å². The molecule has 0 aliphatic carbocycles. The number of aliphatic hydroxyl groups excluding tert-OH is 1. The van der Waals surface area contributed by atoms with Gasteiger partial charge in [0.05, 0.1) is 19.8 Å². The van der Waals surface area contributed by atoms with Gasteiger partial charge >= 0.3 is 0 Å². The first kappa shape index (κ1) is 17.2. The lowest BCUT2D eigenvalue weighted by Gasteiger charge is -2.30. The number of fused-ring (bicyclic) bond motifs is 1. The molecule has 0 aromatic heterocycles. The highest BCUT2D eigenvalue weighted by atomic mass is 16.5. The van der Waals surface area contributed by atoms with Crippen LogP contribution in [0.3, 0.4) is 0 Å². The lowest BCUT2D eigenvalue weighted by molar-refractivity contribution is 0.0320. The van der Waals surface area contributed by atoms with E-state index in [0.717, 1.165) is 55.7 Å². The van der Waals surface area contributed by atoms with Crippen molar-refractivity contribution in [3.8, 4) is 5.75 Å². The van der Waals surface area contributed by atoms with Crippen molar-refractivity contribution in [1.29, 1.82) is 0 Å². The lowest BCUT2D eigenvalue weighted by Crippen LogP contribution is -2.41. The zero-order valence-corrected chi connectivity index (χ0v) is 14.0. The van der Waals surface area contributed by atoms with Gasteiger partial charge in [0.1, 0.15) is 5.75 Å². The van der Waals surface area contributed by atoms with Gasteiger partial charge in [-0.1, -0.05) is 30.3 Å². The summed E-state index contributed by atoms with van der Waals surface area (Å²) in [5, 5.41) is 21.9. The summed E-state index contributed by atoms with van der Waals surface area (Å²) in [6, 6.07) is 11.8. The molecule has 1 saturated heterocycles. The fraction of sp³-hybridized carbons (Fsp3) is 0.474. The first-order valence-corrected chi connectivity index (χ1v) is 8.61. The summed E-state index contributed by atoms with van der Waals surface area (Å²) in [6.45, 7) is 6.70. The molecule has 0 spiro atoms. The van der Waals surface area contributed by atoms with Gasteiger partial charge in [-0.05, 0) is 16.8 Å². The summed E-state index contributed by atoms with van der Waals surface area (Å²) in [5.41, 5.74) is 0.934. The minimum absolute atomic E-state index is 0.120. The third-order valence-corrected chi connectivity index (χ3v) is 4.65. The average molecular weight is 330 g/mol. The second-order valence-corrected chi connectivity index (χ2v) is 6.24. The fourth-order valence-electron chi connectivity index (χ4n) is 3.23. The summed E-state index contributed by atoms with van der Waals surface area (Å²) < 4.78 is 5.39. The molecule has 130 valence electrons. The maximum atomic E-state index is 10.3. The number of aliphatic hydroxyl groups is 1. The van der Waals surface area contributed by atoms with Crippen molar-refractivity contribution in [3.63, 3.8) is 0 Å². The molecule has 24 heavy (non-hydrogen) atoms. The Labute approximate surface area is 143 Å². The second-order valence-electron chi connectivity index (χ2n) is 6.24. The van der Waals surface area contributed by atoms with Gasteiger partial charge in [-0.3, -0.25) is 9.80 Å². The van der Waals surface area contributed by atoms with Gasteiger partial charge in [-0.2, -0.15) is 0 Å². The molecule has 1 fully saturated rings. The molecule has 2 N–H and O–H groups in total. The van der Waals surface area contributed by atoms with Crippen LogP contribution in [-0.2, 0) is 11.3 Å². The molecule has 0 unspecified atom stereocenters. The number of phenolic OH excluding ortho intramolecular Hbond substituents is 1. The van der Waals surface area contributed by atoms with Crippen molar-refractivity contribution >= 4 is 10.8 Å². The standard InChI is InChI=1S/C19H26N2O3/c22-12-9-21(8-7-20-10-13-24-14-11-20)15-18-17-4-2-1-3-16(17)5-6-19(18)23/h1-6,22-23H,7-15H2. The molecule has 3 rings (SSSR count). The molecular formula is C19H26N2O3. The van der Waals surface area contributed by atoms with E-state index in [9.17, 15) is 10.2 Å². The number of hydrogen-bond donors (Lipinski definition) is 2. The van der Waals surface area contributed by atoms with Crippen LogP contribution in [0.4, 0.5) is 0 Å². The van der Waals surface area contributed by atoms with E-state index < -0.39 is 0 Å². The van der Waals surface area contributed by atoms with Gasteiger partial charge in [0.15, 0.2) is 0 Å². The molecule has 2 aromatic rings. The molecule has 0 radical (unpaired) electrons. The Morgan fingerprint density at radius 3 is 2.62 bits per heavy atom. The minimum atomic E-state index is 0.120. The van der Waals surface area contributed by atoms with Crippen molar-refractivity contribution in [1.82, 2.24) is 9.80 Å². The number of aromatic hydroxyl groups is 1. The smallest absolute Gasteiger partial charge is 0.120 e. The molecule has 5 heteroatoms. The first-order valence-electron chi connectivity index (χ1n) is 8.61. The van der Waals surface area contributed by atoms with Crippen molar-refractivity contribution in [2.24, 2.45) is 0 Å². The van der Waals surface area contributed by atoms with E-state index in [0.29, 0.717) is 18.8 Å². The van der Waals surface area contributed by atoms with Crippen LogP contribution in [0.5, 0.6) is 5.75 Å². The van der Waals surface area contributed by atoms with Crippen molar-refractivity contribution in [2.75, 3.05) is 52.5 Å². The van der Waals surface area contributed by atoms with Crippen LogP contribution in [0.15, 0.2) is 36.4 Å². The van der Waals surface area contributed by atoms with E-state index >= 15 is 0 Å². The number of ether oxygens (including phenoxy) is 1. The molecule has 0 amide bonds. The molecular weight excluding hydrogens is 304 g/mol. The summed E-state index contributed by atoms with van der Waals surface area (Å²) in [5.74, 6) is 0.322. The Morgan fingerprint density at radius 1 is 1.04 bits per heavy atom. The SMILES string of the molecule is OCCN(CCN1CCOCC1)Cc1c(O)ccc2ccccc12. The zero-order chi connectivity index (χ0) is 16.8. The van der Waals surface area contributed by atoms with Crippen LogP contribution >= 0.6 is 0 Å². The van der Waals surface area contributed by atoms with Crippen LogP contribution in [0.25, 0.3) is 10.8 Å². The largest absolute Gasteiger partial charge is 0.508 e. The average Bonchev–Trinajstić information content (AvgIpc) is 2.63. The van der Waals surface area contributed by atoms with Gasteiger partial charge in [-0.25, -0.2) is 0 Å². The molecule has 1 aliphatic heterocycles. The van der Waals surface area contributed by atoms with E-state index in [-0.39, 0.29) is 6.61 Å². The molecule has 5 nitrogen and oxygen atoms in total. The maximum Gasteiger partial charge on any atom is 0.120 e. The number of nitrogens with zero attached hydrogens (tertiary/aromatic N) is 2. The van der Waals surface area contributed by atoms with Gasteiger partial charge in [-0.15, -0.1) is 0 Å². The third-order valence-electron chi connectivity index (χ3n) is 4.65. The third kappa shape index (κ3) is 4.24. The predicted molar refractivity (Wildman–Crippen MR) is 95.2 cm³/mol. The van der Waals surface area contributed by atoms with Gasteiger partial charge in [0.2, 0.25) is 0 Å². The lowest BCUT2D eigenvalue weighted by atomic mass is 10.0. The highest BCUT2D eigenvalue weighted by Gasteiger charge is 2.15. The maximum absolute atomic E-state index is 10.3. The normalized spacial score (nSPS) is 16.1. The van der Waals surface area contributed by atoms with Crippen LogP contribution in [0.1, 0.15) is 5.56 Å². The summed E-state index contributed by atoms with van der Waals surface area (Å²) in [7, 11) is 0. The number of morpholine rings is 1. The highest BCUT2D eigenvalue weighted by molar-refractivity contribution is 5.87. The molecule has 0 atom stereocenters. The van der Waals surface area contributed by atoms with Gasteiger partial charge < -0.3 is 14.9 Å². The second kappa shape index (κ2) is 8.44. The molecule has 1 aliphatic rings. The highest BCUT2D eigenvalue weighted by Crippen LogP contribution is 2.28. The topological polar surface area (TPSA) is 56.2 Å². The number of benzene rings is 2. The minimum Gasteiger partial charge on any atom is -0.508 e. The quantitative estimate of drug-likeness (QED) is 0.809. The van der Waals surface area contributed by atoms with Crippen molar-refractivity contribution in [3.05, 3.63) is 42.0 Å². The monoisotopic (exact) mass is 330 g/mol. The summed E-state index contributed by atoms with van der Waals surface area (Å²) in [4.78, 5) is 4.59. The Balaban J connectivity index is 1.71. The van der Waals surface area contributed by atoms with E-state index in [1.54, 1.807) is 6.07 Å². The Hall–Kier alpha value is -1.66. The van der Waals surface area contributed by atoms with E-state index in [1.165, 1.54) is 0 Å². The van der Waals surface area contributed by atoms with Crippen molar-refractivity contribution < 1.29 is 14.9 Å². The van der Waals surface area contributed by atoms with E-state index in [4.69, 9.17) is 4.74 Å². The number of phenols is 1. The van der Waals surface area contributed by atoms with Crippen LogP contribution in [0.2, 0.25) is 0 Å². The first-order chi connectivity index (χ1) is 11.8. The van der Waals surface area contributed by atoms with E-state index in [1.807, 2.05) is 24.3 Å². The van der Waals surface area contributed by atoms with Gasteiger partial charge in [0.25, 0.3) is 0 Å². The van der Waals surface area contributed by atoms with Crippen molar-refractivity contribution in [2.45, 2.75) is 6.54 Å². The fourth-order valence-corrected chi connectivity index (χ4v) is 3.23. The summed E-state index contributed by atoms with van der Waals surface area (Å²) >= 11 is 0. The van der Waals surface area contributed by atoms with E-state index in [2.05, 4.69) is 15.9 Å². The Morgan fingerprint density at radius 2 is 1.83 bits per heavy atom. The zero-order valence-electron chi connectivity index (χ0n) is 14.0. The number of hydrogen-bond acceptors (Lipinski definition) is 5. The predicted octanol–water partition coefficient (Wildman–Crippen LogP) is 1.67. The van der Waals surface area contributed by atoms with Gasteiger partial charge in [0, 0.05) is 44.8 Å². The summed E-state index contributed by atoms with van der Waals surface area (Å²) in [6.07, 6.45) is 0. The Kier molecular flexibility index (Phi) is 6.04. The molecule has 2 aromatic carbocycles. The molecule has 0 saturated carbocycles. The van der Waals surface area contributed by atoms with Crippen LogP contribution in [0, 0.1) is 0 Å². The molecule has 0 bridgehead atoms. The molecule has 1 heterocycles. The van der Waals surface area contributed by atoms with Crippen LogP contribution in [-0.4, -0.2) is 72.6 Å².